The number of aromatic nitrogens is 3. The van der Waals surface area contributed by atoms with Crippen LogP contribution >= 0.6 is 0 Å². The van der Waals surface area contributed by atoms with Gasteiger partial charge in [0.1, 0.15) is 5.75 Å². The first kappa shape index (κ1) is 20.2. The van der Waals surface area contributed by atoms with Gasteiger partial charge in [0.25, 0.3) is 0 Å². The van der Waals surface area contributed by atoms with Gasteiger partial charge in [-0.2, -0.15) is 0 Å². The molecule has 0 unspecified atom stereocenters. The second-order valence-corrected chi connectivity index (χ2v) is 6.11. The Balaban J connectivity index is 1.77. The van der Waals surface area contributed by atoms with Crippen LogP contribution in [0.2, 0.25) is 0 Å². The first-order valence-electron chi connectivity index (χ1n) is 9.29. The molecule has 0 atom stereocenters. The lowest BCUT2D eigenvalue weighted by atomic mass is 10.1. The molecule has 3 aromatic rings. The van der Waals surface area contributed by atoms with Crippen molar-refractivity contribution in [3.8, 4) is 17.2 Å². The number of ether oxygens (including phenoxy) is 3. The van der Waals surface area contributed by atoms with Crippen LogP contribution in [0.25, 0.3) is 5.65 Å². The molecule has 2 N–H and O–H groups in total. The van der Waals surface area contributed by atoms with E-state index in [2.05, 4.69) is 25.8 Å². The highest BCUT2D eigenvalue weighted by molar-refractivity contribution is 5.79. The third-order valence-corrected chi connectivity index (χ3v) is 4.34. The van der Waals surface area contributed by atoms with Crippen LogP contribution in [0.1, 0.15) is 18.3 Å². The lowest BCUT2D eigenvalue weighted by Crippen LogP contribution is -2.37. The Kier molecular flexibility index (Phi) is 6.72. The monoisotopic (exact) mass is 398 g/mol. The SMILES string of the molecule is CCNC(=NCc1cc(OC)c(OC)cc1OC)NCc1nnc2ccccn12. The van der Waals surface area contributed by atoms with Crippen molar-refractivity contribution in [1.29, 1.82) is 0 Å². The van der Waals surface area contributed by atoms with Crippen LogP contribution in [0.3, 0.4) is 0 Å². The van der Waals surface area contributed by atoms with Crippen molar-refractivity contribution in [2.24, 2.45) is 4.99 Å². The van der Waals surface area contributed by atoms with Crippen LogP contribution in [0.4, 0.5) is 0 Å². The van der Waals surface area contributed by atoms with Crippen molar-refractivity contribution in [3.63, 3.8) is 0 Å². The van der Waals surface area contributed by atoms with Gasteiger partial charge in [0, 0.05) is 24.4 Å². The molecule has 9 heteroatoms. The average molecular weight is 398 g/mol. The van der Waals surface area contributed by atoms with Crippen LogP contribution in [-0.2, 0) is 13.1 Å². The van der Waals surface area contributed by atoms with E-state index >= 15 is 0 Å². The van der Waals surface area contributed by atoms with E-state index < -0.39 is 0 Å². The third-order valence-electron chi connectivity index (χ3n) is 4.34. The molecule has 0 aliphatic heterocycles. The second-order valence-electron chi connectivity index (χ2n) is 6.11. The van der Waals surface area contributed by atoms with E-state index in [4.69, 9.17) is 14.2 Å². The number of rotatable bonds is 8. The molecule has 0 amide bonds. The van der Waals surface area contributed by atoms with E-state index in [0.29, 0.717) is 36.3 Å². The zero-order valence-electron chi connectivity index (χ0n) is 17.1. The highest BCUT2D eigenvalue weighted by Gasteiger charge is 2.12. The van der Waals surface area contributed by atoms with Crippen molar-refractivity contribution in [2.75, 3.05) is 27.9 Å². The summed E-state index contributed by atoms with van der Waals surface area (Å²) in [6, 6.07) is 9.47. The normalized spacial score (nSPS) is 11.4. The summed E-state index contributed by atoms with van der Waals surface area (Å²) in [5.74, 6) is 3.39. The van der Waals surface area contributed by atoms with Crippen LogP contribution < -0.4 is 24.8 Å². The Bertz CT molecular complexity index is 986. The fourth-order valence-electron chi connectivity index (χ4n) is 2.90. The van der Waals surface area contributed by atoms with Gasteiger partial charge in [0.15, 0.2) is 28.9 Å². The van der Waals surface area contributed by atoms with Crippen molar-refractivity contribution < 1.29 is 14.2 Å². The van der Waals surface area contributed by atoms with Crippen LogP contribution in [-0.4, -0.2) is 48.4 Å². The molecule has 0 saturated heterocycles. The number of aliphatic imine (C=N–C) groups is 1. The number of nitrogens with zero attached hydrogens (tertiary/aromatic N) is 4. The molecule has 29 heavy (non-hydrogen) atoms. The van der Waals surface area contributed by atoms with Crippen molar-refractivity contribution in [2.45, 2.75) is 20.0 Å². The molecule has 3 rings (SSSR count). The molecule has 2 aromatic heterocycles. The topological polar surface area (TPSA) is 94.3 Å². The fraction of sp³-hybridized carbons (Fsp3) is 0.350. The van der Waals surface area contributed by atoms with E-state index in [1.54, 1.807) is 27.4 Å². The fourth-order valence-corrected chi connectivity index (χ4v) is 2.90. The summed E-state index contributed by atoms with van der Waals surface area (Å²) in [5, 5.41) is 14.9. The molecule has 2 heterocycles. The summed E-state index contributed by atoms with van der Waals surface area (Å²) < 4.78 is 18.1. The summed E-state index contributed by atoms with van der Waals surface area (Å²) >= 11 is 0. The second kappa shape index (κ2) is 9.63. The minimum atomic E-state index is 0.402. The third kappa shape index (κ3) is 4.68. The van der Waals surface area contributed by atoms with Crippen LogP contribution in [0, 0.1) is 0 Å². The highest BCUT2D eigenvalue weighted by Crippen LogP contribution is 2.34. The lowest BCUT2D eigenvalue weighted by Gasteiger charge is -2.14. The standard InChI is InChI=1S/C20H26N6O3/c1-5-21-20(23-13-19-25-24-18-8-6-7-9-26(18)19)22-12-14-10-16(28-3)17(29-4)11-15(14)27-2/h6-11H,5,12-13H2,1-4H3,(H2,21,22,23). The molecule has 1 aromatic carbocycles. The summed E-state index contributed by atoms with van der Waals surface area (Å²) in [5.41, 5.74) is 1.69. The summed E-state index contributed by atoms with van der Waals surface area (Å²) in [6.45, 7) is 3.63. The number of benzene rings is 1. The van der Waals surface area contributed by atoms with E-state index in [-0.39, 0.29) is 0 Å². The molecular weight excluding hydrogens is 372 g/mol. The smallest absolute Gasteiger partial charge is 0.191 e. The summed E-state index contributed by atoms with van der Waals surface area (Å²) in [6.07, 6.45) is 1.94. The van der Waals surface area contributed by atoms with E-state index in [1.165, 1.54) is 0 Å². The molecule has 0 bridgehead atoms. The predicted molar refractivity (Wildman–Crippen MR) is 111 cm³/mol. The molecule has 0 aliphatic rings. The number of methoxy groups -OCH3 is 3. The first-order chi connectivity index (χ1) is 14.2. The zero-order chi connectivity index (χ0) is 20.6. The number of hydrogen-bond donors (Lipinski definition) is 2. The molecule has 0 spiro atoms. The van der Waals surface area contributed by atoms with E-state index in [0.717, 1.165) is 23.6 Å². The zero-order valence-corrected chi connectivity index (χ0v) is 17.1. The first-order valence-corrected chi connectivity index (χ1v) is 9.29. The summed E-state index contributed by atoms with van der Waals surface area (Å²) in [4.78, 5) is 4.66. The van der Waals surface area contributed by atoms with Gasteiger partial charge in [-0.05, 0) is 25.1 Å². The molecule has 0 saturated carbocycles. The van der Waals surface area contributed by atoms with Crippen molar-refractivity contribution in [1.82, 2.24) is 25.2 Å². The number of fused-ring (bicyclic) bond motifs is 1. The number of guanidine groups is 1. The maximum Gasteiger partial charge on any atom is 0.191 e. The molecule has 154 valence electrons. The Morgan fingerprint density at radius 2 is 1.76 bits per heavy atom. The average Bonchev–Trinajstić information content (AvgIpc) is 3.18. The Hall–Kier alpha value is -3.49. The number of nitrogens with one attached hydrogen (secondary N) is 2. The van der Waals surface area contributed by atoms with Crippen LogP contribution in [0.15, 0.2) is 41.5 Å². The molecule has 0 radical (unpaired) electrons. The number of hydrogen-bond acceptors (Lipinski definition) is 6. The van der Waals surface area contributed by atoms with Gasteiger partial charge in [0.2, 0.25) is 0 Å². The largest absolute Gasteiger partial charge is 0.496 e. The molecule has 0 fully saturated rings. The minimum absolute atomic E-state index is 0.402. The van der Waals surface area contributed by atoms with Crippen molar-refractivity contribution in [3.05, 3.63) is 47.9 Å². The molecule has 0 aliphatic carbocycles. The molecule has 9 nitrogen and oxygen atoms in total. The maximum atomic E-state index is 5.48. The quantitative estimate of drug-likeness (QED) is 0.443. The predicted octanol–water partition coefficient (Wildman–Crippen LogP) is 2.01. The van der Waals surface area contributed by atoms with E-state index in [1.807, 2.05) is 41.8 Å². The Labute approximate surface area is 169 Å². The van der Waals surface area contributed by atoms with Gasteiger partial charge in [0.05, 0.1) is 34.4 Å². The van der Waals surface area contributed by atoms with Gasteiger partial charge in [-0.25, -0.2) is 4.99 Å². The number of pyridine rings is 1. The van der Waals surface area contributed by atoms with Crippen molar-refractivity contribution >= 4 is 11.6 Å². The Morgan fingerprint density at radius 3 is 2.48 bits per heavy atom. The maximum absolute atomic E-state index is 5.48. The summed E-state index contributed by atoms with van der Waals surface area (Å²) in [7, 11) is 4.82. The van der Waals surface area contributed by atoms with Gasteiger partial charge in [-0.15, -0.1) is 10.2 Å². The van der Waals surface area contributed by atoms with E-state index in [9.17, 15) is 0 Å². The highest BCUT2D eigenvalue weighted by atomic mass is 16.5. The van der Waals surface area contributed by atoms with Gasteiger partial charge in [-0.1, -0.05) is 6.07 Å². The Morgan fingerprint density at radius 1 is 1.00 bits per heavy atom. The molecular formula is C20H26N6O3. The van der Waals surface area contributed by atoms with Gasteiger partial charge < -0.3 is 24.8 Å². The lowest BCUT2D eigenvalue weighted by molar-refractivity contribution is 0.347. The van der Waals surface area contributed by atoms with Gasteiger partial charge in [-0.3, -0.25) is 4.40 Å². The van der Waals surface area contributed by atoms with Crippen LogP contribution in [0.5, 0.6) is 17.2 Å². The van der Waals surface area contributed by atoms with Gasteiger partial charge >= 0.3 is 0 Å². The minimum Gasteiger partial charge on any atom is -0.496 e.